The molecule has 0 aromatic carbocycles. The Morgan fingerprint density at radius 3 is 1.08 bits per heavy atom. The van der Waals surface area contributed by atoms with Gasteiger partial charge in [-0.15, -0.1) is 0 Å². The van der Waals surface area contributed by atoms with Gasteiger partial charge in [0.25, 0.3) is 0 Å². The van der Waals surface area contributed by atoms with Crippen LogP contribution >= 0.6 is 0 Å². The van der Waals surface area contributed by atoms with E-state index in [-0.39, 0.29) is 0 Å². The van der Waals surface area contributed by atoms with E-state index in [0.717, 1.165) is 50.4 Å². The molecule has 51 heavy (non-hydrogen) atoms. The summed E-state index contributed by atoms with van der Waals surface area (Å²) in [6.45, 7) is 9.86. The molecule has 6 nitrogen and oxygen atoms in total. The summed E-state index contributed by atoms with van der Waals surface area (Å²) in [4.78, 5) is 38.2. The van der Waals surface area contributed by atoms with Crippen molar-refractivity contribution in [3.8, 4) is 0 Å². The third-order valence-electron chi connectivity index (χ3n) is 11.1. The van der Waals surface area contributed by atoms with Crippen LogP contribution in [0.2, 0.25) is 0 Å². The second-order valence-electron chi connectivity index (χ2n) is 16.9. The first kappa shape index (κ1) is 47.4. The van der Waals surface area contributed by atoms with Crippen molar-refractivity contribution in [2.45, 2.75) is 227 Å². The molecule has 0 bridgehead atoms. The minimum absolute atomic E-state index is 0.291. The fourth-order valence-electron chi connectivity index (χ4n) is 7.81. The molecule has 1 N–H and O–H groups in total. The first-order valence-corrected chi connectivity index (χ1v) is 22.3. The number of hydrogen-bond donors (Lipinski definition) is 1. The molecule has 0 aromatic heterocycles. The second-order valence-corrected chi connectivity index (χ2v) is 16.9. The molecule has 1 rings (SSSR count). The molecular weight excluding hydrogens is 636 g/mol. The van der Waals surface area contributed by atoms with E-state index in [0.29, 0.717) is 32.5 Å². The summed E-state index contributed by atoms with van der Waals surface area (Å²) in [6, 6.07) is 0. The largest absolute Gasteiger partial charge is 0.481 e. The molecule has 1 fully saturated rings. The first-order valence-electron chi connectivity index (χ1n) is 22.3. The summed E-state index contributed by atoms with van der Waals surface area (Å²) >= 11 is 0. The zero-order valence-corrected chi connectivity index (χ0v) is 34.2. The van der Waals surface area contributed by atoms with E-state index < -0.39 is 35.7 Å². The van der Waals surface area contributed by atoms with Crippen molar-refractivity contribution in [3.63, 3.8) is 0 Å². The van der Waals surface area contributed by atoms with E-state index in [4.69, 9.17) is 9.47 Å². The summed E-state index contributed by atoms with van der Waals surface area (Å²) in [5, 5.41) is 9.85. The molecule has 1 aliphatic carbocycles. The second kappa shape index (κ2) is 33.0. The van der Waals surface area contributed by atoms with E-state index in [1.165, 1.54) is 141 Å². The van der Waals surface area contributed by atoms with E-state index in [1.807, 2.05) is 0 Å². The summed E-state index contributed by atoms with van der Waals surface area (Å²) in [7, 11) is 0. The van der Waals surface area contributed by atoms with E-state index in [1.54, 1.807) is 0 Å². The number of esters is 2. The Balaban J connectivity index is 2.12. The molecule has 0 aromatic rings. The number of carbonyl (C=O) groups is 3. The smallest absolute Gasteiger partial charge is 0.310 e. The van der Waals surface area contributed by atoms with Crippen LogP contribution in [-0.4, -0.2) is 36.2 Å². The molecule has 0 heterocycles. The van der Waals surface area contributed by atoms with Crippen molar-refractivity contribution in [1.29, 1.82) is 0 Å². The highest BCUT2D eigenvalue weighted by molar-refractivity contribution is 5.87. The lowest BCUT2D eigenvalue weighted by molar-refractivity contribution is -0.170. The number of carboxylic acid groups (broad SMARTS) is 1. The van der Waals surface area contributed by atoms with Gasteiger partial charge in [-0.25, -0.2) is 0 Å². The van der Waals surface area contributed by atoms with E-state index in [9.17, 15) is 19.5 Å². The van der Waals surface area contributed by atoms with Crippen molar-refractivity contribution < 1.29 is 29.0 Å². The Hall–Kier alpha value is -1.59. The highest BCUT2D eigenvalue weighted by Gasteiger charge is 2.47. The minimum Gasteiger partial charge on any atom is -0.481 e. The summed E-state index contributed by atoms with van der Waals surface area (Å²) in [6.07, 6.45) is 36.9. The number of aliphatic carboxylic acids is 1. The number of ether oxygens (including phenoxy) is 2. The molecule has 0 spiro atoms. The quantitative estimate of drug-likeness (QED) is 0.0518. The monoisotopic (exact) mass is 721 g/mol. The van der Waals surface area contributed by atoms with Crippen molar-refractivity contribution in [2.24, 2.45) is 29.6 Å². The zero-order valence-electron chi connectivity index (χ0n) is 34.2. The SMILES string of the molecule is CC(C)CCCCCCCCCCCCCCCOC(=O)C1CCCC(C(=O)O)C1C(=O)OCCCCCCCCCCCCCCCC(C)C. The topological polar surface area (TPSA) is 89.9 Å². The Labute approximate surface area is 315 Å². The Morgan fingerprint density at radius 1 is 0.451 bits per heavy atom. The molecule has 3 atom stereocenters. The predicted octanol–water partition coefficient (Wildman–Crippen LogP) is 13.4. The lowest BCUT2D eigenvalue weighted by Gasteiger charge is -2.33. The van der Waals surface area contributed by atoms with Crippen LogP contribution in [0.3, 0.4) is 0 Å². The van der Waals surface area contributed by atoms with Gasteiger partial charge >= 0.3 is 17.9 Å². The summed E-state index contributed by atoms with van der Waals surface area (Å²) < 4.78 is 11.2. The average molecular weight is 721 g/mol. The van der Waals surface area contributed by atoms with Crippen LogP contribution < -0.4 is 0 Å². The highest BCUT2D eigenvalue weighted by atomic mass is 16.5. The van der Waals surface area contributed by atoms with Gasteiger partial charge in [-0.05, 0) is 37.5 Å². The predicted molar refractivity (Wildman–Crippen MR) is 213 cm³/mol. The number of carbonyl (C=O) groups excluding carboxylic acids is 2. The highest BCUT2D eigenvalue weighted by Crippen LogP contribution is 2.37. The molecule has 6 heteroatoms. The Bertz CT molecular complexity index is 839. The van der Waals surface area contributed by atoms with Gasteiger partial charge in [0.15, 0.2) is 0 Å². The molecule has 0 radical (unpaired) electrons. The molecule has 300 valence electrons. The third kappa shape index (κ3) is 26.8. The molecule has 0 aliphatic heterocycles. The van der Waals surface area contributed by atoms with Gasteiger partial charge in [-0.3, -0.25) is 14.4 Å². The fraction of sp³-hybridized carbons (Fsp3) is 0.933. The fourth-order valence-corrected chi connectivity index (χ4v) is 7.81. The third-order valence-corrected chi connectivity index (χ3v) is 11.1. The van der Waals surface area contributed by atoms with Gasteiger partial charge in [0.2, 0.25) is 0 Å². The summed E-state index contributed by atoms with van der Waals surface area (Å²) in [5.41, 5.74) is 0. The van der Waals surface area contributed by atoms with Crippen molar-refractivity contribution in [3.05, 3.63) is 0 Å². The zero-order chi connectivity index (χ0) is 37.4. The Kier molecular flexibility index (Phi) is 30.7. The maximum Gasteiger partial charge on any atom is 0.310 e. The van der Waals surface area contributed by atoms with Crippen LogP contribution in [0.15, 0.2) is 0 Å². The number of hydrogen-bond acceptors (Lipinski definition) is 5. The molecular formula is C45H84O6. The van der Waals surface area contributed by atoms with Gasteiger partial charge in [-0.1, -0.05) is 201 Å². The average Bonchev–Trinajstić information content (AvgIpc) is 3.10. The van der Waals surface area contributed by atoms with Gasteiger partial charge in [0.05, 0.1) is 31.0 Å². The van der Waals surface area contributed by atoms with Crippen LogP contribution in [0.25, 0.3) is 0 Å². The first-order chi connectivity index (χ1) is 24.7. The molecule has 3 unspecified atom stereocenters. The lowest BCUT2D eigenvalue weighted by atomic mass is 9.72. The molecule has 0 saturated heterocycles. The van der Waals surface area contributed by atoms with E-state index in [2.05, 4.69) is 27.7 Å². The van der Waals surface area contributed by atoms with Crippen molar-refractivity contribution >= 4 is 17.9 Å². The van der Waals surface area contributed by atoms with Crippen LogP contribution in [0.4, 0.5) is 0 Å². The normalized spacial score (nSPS) is 17.6. The molecule has 1 aliphatic rings. The van der Waals surface area contributed by atoms with Crippen LogP contribution in [0.5, 0.6) is 0 Å². The van der Waals surface area contributed by atoms with Crippen LogP contribution in [0.1, 0.15) is 227 Å². The minimum atomic E-state index is -1.02. The molecule has 1 saturated carbocycles. The maximum atomic E-state index is 13.1. The standard InChI is InChI=1S/C45H84O6/c1-38(2)32-27-23-19-15-11-7-5-9-13-17-21-25-29-36-50-44(48)41-35-31-34-40(43(46)47)42(41)45(49)51-37-30-26-22-18-14-10-6-8-12-16-20-24-28-33-39(3)4/h38-42H,5-37H2,1-4H3,(H,46,47). The number of rotatable bonds is 35. The van der Waals surface area contributed by atoms with Gasteiger partial charge in [-0.2, -0.15) is 0 Å². The number of unbranched alkanes of at least 4 members (excludes halogenated alkanes) is 24. The van der Waals surface area contributed by atoms with Gasteiger partial charge in [0, 0.05) is 0 Å². The number of carboxylic acids is 1. The lowest BCUT2D eigenvalue weighted by Crippen LogP contribution is -2.43. The van der Waals surface area contributed by atoms with Gasteiger partial charge < -0.3 is 14.6 Å². The Morgan fingerprint density at radius 2 is 0.745 bits per heavy atom. The van der Waals surface area contributed by atoms with E-state index >= 15 is 0 Å². The van der Waals surface area contributed by atoms with Crippen LogP contribution in [-0.2, 0) is 23.9 Å². The maximum absolute atomic E-state index is 13.1. The van der Waals surface area contributed by atoms with Gasteiger partial charge in [0.1, 0.15) is 0 Å². The molecule has 0 amide bonds. The van der Waals surface area contributed by atoms with Crippen LogP contribution in [0, 0.1) is 29.6 Å². The van der Waals surface area contributed by atoms with Crippen molar-refractivity contribution in [2.75, 3.05) is 13.2 Å². The van der Waals surface area contributed by atoms with Crippen molar-refractivity contribution in [1.82, 2.24) is 0 Å². The summed E-state index contributed by atoms with van der Waals surface area (Å²) in [5.74, 6) is -2.87.